The number of alkyl carbamates (subject to hydrolysis) is 1. The Labute approximate surface area is 143 Å². The maximum Gasteiger partial charge on any atom is 0.408 e. The first-order chi connectivity index (χ1) is 11.0. The lowest BCUT2D eigenvalue weighted by molar-refractivity contribution is -0.130. The lowest BCUT2D eigenvalue weighted by atomic mass is 10.0. The van der Waals surface area contributed by atoms with Crippen LogP contribution in [-0.2, 0) is 19.1 Å². The van der Waals surface area contributed by atoms with Crippen LogP contribution in [0, 0.1) is 5.92 Å². The molecule has 2 atom stereocenters. The molecular weight excluding hydrogens is 314 g/mol. The predicted octanol–water partition coefficient (Wildman–Crippen LogP) is 0.932. The summed E-state index contributed by atoms with van der Waals surface area (Å²) in [6, 6.07) is -1.78. The summed E-state index contributed by atoms with van der Waals surface area (Å²) in [7, 11) is 0. The number of hydrogen-bond acceptors (Lipinski definition) is 5. The summed E-state index contributed by atoms with van der Waals surface area (Å²) in [5.74, 6) is -1.05. The number of carbonyl (C=O) groups is 3. The van der Waals surface area contributed by atoms with Gasteiger partial charge in [-0.05, 0) is 40.0 Å². The zero-order valence-corrected chi connectivity index (χ0v) is 15.5. The van der Waals surface area contributed by atoms with Crippen molar-refractivity contribution < 1.29 is 23.9 Å². The lowest BCUT2D eigenvalue weighted by Gasteiger charge is -2.25. The van der Waals surface area contributed by atoms with Gasteiger partial charge in [-0.3, -0.25) is 9.59 Å². The number of rotatable bonds is 9. The molecule has 24 heavy (non-hydrogen) atoms. The normalized spacial score (nSPS) is 14.0. The van der Waals surface area contributed by atoms with E-state index in [2.05, 4.69) is 10.6 Å². The van der Waals surface area contributed by atoms with E-state index in [1.807, 2.05) is 13.8 Å². The van der Waals surface area contributed by atoms with Crippen LogP contribution in [0.15, 0.2) is 0 Å². The van der Waals surface area contributed by atoms with E-state index in [9.17, 15) is 14.4 Å². The van der Waals surface area contributed by atoms with E-state index in [1.165, 1.54) is 0 Å². The number of hydrogen-bond donors (Lipinski definition) is 3. The van der Waals surface area contributed by atoms with Crippen LogP contribution in [0.2, 0.25) is 0 Å². The maximum atomic E-state index is 12.4. The number of ether oxygens (including phenoxy) is 2. The second kappa shape index (κ2) is 10.1. The molecule has 8 heteroatoms. The van der Waals surface area contributed by atoms with Crippen molar-refractivity contribution >= 4 is 17.9 Å². The molecule has 3 amide bonds. The highest BCUT2D eigenvalue weighted by atomic mass is 16.6. The maximum absolute atomic E-state index is 12.4. The fourth-order valence-corrected chi connectivity index (χ4v) is 1.86. The number of amides is 3. The monoisotopic (exact) mass is 345 g/mol. The topological polar surface area (TPSA) is 120 Å². The van der Waals surface area contributed by atoms with Crippen molar-refractivity contribution in [3.8, 4) is 0 Å². The van der Waals surface area contributed by atoms with Gasteiger partial charge in [-0.25, -0.2) is 4.79 Å². The van der Waals surface area contributed by atoms with Gasteiger partial charge in [0.05, 0.1) is 6.61 Å². The molecule has 0 rings (SSSR count). The highest BCUT2D eigenvalue weighted by Gasteiger charge is 2.28. The number of carbonyl (C=O) groups excluding carboxylic acids is 3. The van der Waals surface area contributed by atoms with E-state index in [1.54, 1.807) is 27.7 Å². The van der Waals surface area contributed by atoms with Crippen molar-refractivity contribution in [2.45, 2.75) is 65.6 Å². The lowest BCUT2D eigenvalue weighted by Crippen LogP contribution is -2.55. The van der Waals surface area contributed by atoms with Gasteiger partial charge in [-0.15, -0.1) is 0 Å². The van der Waals surface area contributed by atoms with Gasteiger partial charge in [-0.1, -0.05) is 13.8 Å². The van der Waals surface area contributed by atoms with Crippen LogP contribution in [0.3, 0.4) is 0 Å². The largest absolute Gasteiger partial charge is 0.444 e. The van der Waals surface area contributed by atoms with E-state index in [4.69, 9.17) is 15.2 Å². The highest BCUT2D eigenvalue weighted by molar-refractivity contribution is 5.90. The Morgan fingerprint density at radius 3 is 2.08 bits per heavy atom. The van der Waals surface area contributed by atoms with Crippen molar-refractivity contribution in [3.63, 3.8) is 0 Å². The first-order valence-corrected chi connectivity index (χ1v) is 8.13. The van der Waals surface area contributed by atoms with Gasteiger partial charge < -0.3 is 25.8 Å². The zero-order chi connectivity index (χ0) is 18.9. The van der Waals surface area contributed by atoms with E-state index in [-0.39, 0.29) is 12.5 Å². The molecule has 0 aromatic carbocycles. The minimum absolute atomic E-state index is 0.0155. The molecule has 0 aliphatic heterocycles. The molecule has 0 aliphatic rings. The SMILES string of the molecule is CCOC[C@@H](NC(=O)[C@@H](CC(C)C)NC(=O)OC(C)(C)C)C(N)=O. The minimum atomic E-state index is -0.951. The van der Waals surface area contributed by atoms with E-state index in [0.29, 0.717) is 13.0 Å². The molecule has 0 saturated heterocycles. The van der Waals surface area contributed by atoms with Crippen molar-refractivity contribution in [2.24, 2.45) is 11.7 Å². The molecule has 0 unspecified atom stereocenters. The third-order valence-electron chi connectivity index (χ3n) is 2.86. The van der Waals surface area contributed by atoms with E-state index < -0.39 is 35.6 Å². The van der Waals surface area contributed by atoms with Gasteiger partial charge in [0.2, 0.25) is 11.8 Å². The van der Waals surface area contributed by atoms with Crippen LogP contribution < -0.4 is 16.4 Å². The molecular formula is C16H31N3O5. The zero-order valence-electron chi connectivity index (χ0n) is 15.5. The van der Waals surface area contributed by atoms with Crippen molar-refractivity contribution in [1.82, 2.24) is 10.6 Å². The molecule has 140 valence electrons. The average molecular weight is 345 g/mol. The van der Waals surface area contributed by atoms with Crippen LogP contribution in [0.1, 0.15) is 48.0 Å². The summed E-state index contributed by atoms with van der Waals surface area (Å²) >= 11 is 0. The Kier molecular flexibility index (Phi) is 9.35. The molecule has 0 saturated carbocycles. The van der Waals surface area contributed by atoms with Crippen LogP contribution in [0.25, 0.3) is 0 Å². The van der Waals surface area contributed by atoms with Crippen LogP contribution >= 0.6 is 0 Å². The number of nitrogens with one attached hydrogen (secondary N) is 2. The van der Waals surface area contributed by atoms with Gasteiger partial charge >= 0.3 is 6.09 Å². The first-order valence-electron chi connectivity index (χ1n) is 8.13. The Bertz CT molecular complexity index is 432. The Balaban J connectivity index is 4.92. The van der Waals surface area contributed by atoms with Crippen LogP contribution in [0.5, 0.6) is 0 Å². The van der Waals surface area contributed by atoms with Crippen molar-refractivity contribution in [3.05, 3.63) is 0 Å². The van der Waals surface area contributed by atoms with Gasteiger partial charge in [0.25, 0.3) is 0 Å². The van der Waals surface area contributed by atoms with Gasteiger partial charge in [0.1, 0.15) is 17.7 Å². The first kappa shape index (κ1) is 22.2. The summed E-state index contributed by atoms with van der Waals surface area (Å²) in [4.78, 5) is 35.7. The van der Waals surface area contributed by atoms with E-state index >= 15 is 0 Å². The molecule has 0 aliphatic carbocycles. The van der Waals surface area contributed by atoms with Crippen LogP contribution in [-0.4, -0.2) is 48.8 Å². The Morgan fingerprint density at radius 2 is 1.67 bits per heavy atom. The highest BCUT2D eigenvalue weighted by Crippen LogP contribution is 2.09. The molecule has 0 aromatic heterocycles. The fourth-order valence-electron chi connectivity index (χ4n) is 1.86. The van der Waals surface area contributed by atoms with Crippen molar-refractivity contribution in [1.29, 1.82) is 0 Å². The summed E-state index contributed by atoms with van der Waals surface area (Å²) < 4.78 is 10.3. The summed E-state index contributed by atoms with van der Waals surface area (Å²) in [5.41, 5.74) is 4.59. The fraction of sp³-hybridized carbons (Fsp3) is 0.812. The molecule has 0 spiro atoms. The van der Waals surface area contributed by atoms with Crippen molar-refractivity contribution in [2.75, 3.05) is 13.2 Å². The molecule has 4 N–H and O–H groups in total. The molecule has 0 bridgehead atoms. The Hall–Kier alpha value is -1.83. The quantitative estimate of drug-likeness (QED) is 0.574. The minimum Gasteiger partial charge on any atom is -0.444 e. The molecule has 0 radical (unpaired) electrons. The van der Waals surface area contributed by atoms with E-state index in [0.717, 1.165) is 0 Å². The molecule has 0 fully saturated rings. The standard InChI is InChI=1S/C16H31N3O5/c1-7-23-9-12(13(17)20)18-14(21)11(8-10(2)3)19-15(22)24-16(4,5)6/h10-12H,7-9H2,1-6H3,(H2,17,20)(H,18,21)(H,19,22)/t11-,12-/m1/s1. The summed E-state index contributed by atoms with van der Waals surface area (Å²) in [5, 5.41) is 5.06. The summed E-state index contributed by atoms with van der Waals surface area (Å²) in [6.45, 7) is 11.2. The van der Waals surface area contributed by atoms with Crippen LogP contribution in [0.4, 0.5) is 4.79 Å². The molecule has 8 nitrogen and oxygen atoms in total. The Morgan fingerprint density at radius 1 is 1.08 bits per heavy atom. The predicted molar refractivity (Wildman–Crippen MR) is 90.2 cm³/mol. The second-order valence-electron chi connectivity index (χ2n) is 6.95. The number of primary amides is 1. The second-order valence-corrected chi connectivity index (χ2v) is 6.95. The molecule has 0 heterocycles. The molecule has 0 aromatic rings. The smallest absolute Gasteiger partial charge is 0.408 e. The van der Waals surface area contributed by atoms with Gasteiger partial charge in [0.15, 0.2) is 0 Å². The third-order valence-corrected chi connectivity index (χ3v) is 2.86. The average Bonchev–Trinajstić information content (AvgIpc) is 2.39. The summed E-state index contributed by atoms with van der Waals surface area (Å²) in [6.07, 6.45) is -0.297. The third kappa shape index (κ3) is 10.0. The van der Waals surface area contributed by atoms with Gasteiger partial charge in [-0.2, -0.15) is 0 Å². The van der Waals surface area contributed by atoms with Gasteiger partial charge in [0, 0.05) is 6.61 Å². The number of nitrogens with two attached hydrogens (primary N) is 1.